The predicted molar refractivity (Wildman–Crippen MR) is 112 cm³/mol. The SMILES string of the molecule is Oc1ccc(OCC2CC=C(c3ccc(-c4ccc(O)c(F)c4F)c(F)c3)CC2)c(F)c1F. The quantitative estimate of drug-likeness (QED) is 0.414. The third kappa shape index (κ3) is 4.51. The van der Waals surface area contributed by atoms with Crippen LogP contribution in [0.4, 0.5) is 22.0 Å². The molecule has 0 heterocycles. The number of ether oxygens (including phenoxy) is 1. The fourth-order valence-corrected chi connectivity index (χ4v) is 3.82. The summed E-state index contributed by atoms with van der Waals surface area (Å²) in [7, 11) is 0. The van der Waals surface area contributed by atoms with Crippen molar-refractivity contribution < 1.29 is 36.9 Å². The van der Waals surface area contributed by atoms with Crippen molar-refractivity contribution in [1.82, 2.24) is 0 Å². The molecule has 33 heavy (non-hydrogen) atoms. The zero-order chi connectivity index (χ0) is 23.7. The summed E-state index contributed by atoms with van der Waals surface area (Å²) in [4.78, 5) is 0. The fourth-order valence-electron chi connectivity index (χ4n) is 3.82. The highest BCUT2D eigenvalue weighted by Gasteiger charge is 2.21. The molecule has 3 aromatic carbocycles. The monoisotopic (exact) mass is 462 g/mol. The van der Waals surface area contributed by atoms with Crippen molar-refractivity contribution >= 4 is 5.57 Å². The van der Waals surface area contributed by atoms with Crippen molar-refractivity contribution in [1.29, 1.82) is 0 Å². The van der Waals surface area contributed by atoms with Crippen LogP contribution in [0.3, 0.4) is 0 Å². The summed E-state index contributed by atoms with van der Waals surface area (Å²) in [5.74, 6) is -7.99. The molecule has 172 valence electrons. The largest absolute Gasteiger partial charge is 0.505 e. The first kappa shape index (κ1) is 22.6. The van der Waals surface area contributed by atoms with E-state index >= 15 is 0 Å². The summed E-state index contributed by atoms with van der Waals surface area (Å²) in [6.07, 6.45) is 3.72. The Bertz CT molecular complexity index is 1240. The van der Waals surface area contributed by atoms with Crippen molar-refractivity contribution in [2.45, 2.75) is 19.3 Å². The highest BCUT2D eigenvalue weighted by molar-refractivity contribution is 5.72. The van der Waals surface area contributed by atoms with E-state index in [9.17, 15) is 27.1 Å². The first-order valence-corrected chi connectivity index (χ1v) is 10.2. The van der Waals surface area contributed by atoms with Crippen LogP contribution < -0.4 is 4.74 Å². The normalized spacial score (nSPS) is 15.9. The van der Waals surface area contributed by atoms with Crippen molar-refractivity contribution in [3.05, 3.63) is 83.2 Å². The molecule has 0 bridgehead atoms. The molecule has 0 radical (unpaired) electrons. The molecule has 8 heteroatoms. The van der Waals surface area contributed by atoms with Crippen molar-refractivity contribution in [3.8, 4) is 28.4 Å². The molecule has 2 N–H and O–H groups in total. The van der Waals surface area contributed by atoms with Gasteiger partial charge in [-0.05, 0) is 66.6 Å². The number of benzene rings is 3. The minimum Gasteiger partial charge on any atom is -0.505 e. The van der Waals surface area contributed by atoms with Gasteiger partial charge in [0.15, 0.2) is 23.1 Å². The Labute approximate surface area is 186 Å². The number of hydrogen-bond acceptors (Lipinski definition) is 3. The van der Waals surface area contributed by atoms with E-state index in [0.717, 1.165) is 29.8 Å². The maximum absolute atomic E-state index is 14.7. The van der Waals surface area contributed by atoms with E-state index in [0.29, 0.717) is 24.8 Å². The van der Waals surface area contributed by atoms with E-state index in [1.807, 2.05) is 6.08 Å². The fraction of sp³-hybridized carbons (Fsp3) is 0.200. The number of allylic oxidation sites excluding steroid dienone is 2. The molecule has 1 atom stereocenters. The highest BCUT2D eigenvalue weighted by Crippen LogP contribution is 2.35. The van der Waals surface area contributed by atoms with Gasteiger partial charge in [0.05, 0.1) is 6.61 Å². The number of aromatic hydroxyl groups is 2. The van der Waals surface area contributed by atoms with E-state index in [2.05, 4.69) is 0 Å². The maximum atomic E-state index is 14.7. The minimum absolute atomic E-state index is 0.0307. The van der Waals surface area contributed by atoms with Gasteiger partial charge in [-0.15, -0.1) is 0 Å². The first-order valence-electron chi connectivity index (χ1n) is 10.2. The Hall–Kier alpha value is -3.55. The average Bonchev–Trinajstić information content (AvgIpc) is 2.81. The van der Waals surface area contributed by atoms with Crippen LogP contribution in [-0.2, 0) is 0 Å². The van der Waals surface area contributed by atoms with Crippen LogP contribution in [0.5, 0.6) is 17.2 Å². The summed E-state index contributed by atoms with van der Waals surface area (Å²) >= 11 is 0. The molecular formula is C25H19F5O3. The predicted octanol–water partition coefficient (Wildman–Crippen LogP) is 6.72. The zero-order valence-corrected chi connectivity index (χ0v) is 17.2. The van der Waals surface area contributed by atoms with E-state index in [1.165, 1.54) is 12.1 Å². The minimum atomic E-state index is -1.44. The summed E-state index contributed by atoms with van der Waals surface area (Å²) in [6.45, 7) is 0.143. The van der Waals surface area contributed by atoms with Crippen LogP contribution >= 0.6 is 0 Å². The first-order chi connectivity index (χ1) is 15.8. The van der Waals surface area contributed by atoms with Crippen LogP contribution in [0.25, 0.3) is 16.7 Å². The number of hydrogen-bond donors (Lipinski definition) is 2. The second-order valence-corrected chi connectivity index (χ2v) is 7.85. The van der Waals surface area contributed by atoms with E-state index in [1.54, 1.807) is 6.07 Å². The lowest BCUT2D eigenvalue weighted by molar-refractivity contribution is 0.227. The Morgan fingerprint density at radius 2 is 1.45 bits per heavy atom. The summed E-state index contributed by atoms with van der Waals surface area (Å²) < 4.78 is 75.0. The van der Waals surface area contributed by atoms with Gasteiger partial charge in [0.2, 0.25) is 17.5 Å². The molecule has 1 aliphatic carbocycles. The second kappa shape index (κ2) is 9.13. The molecule has 0 fully saturated rings. The Morgan fingerprint density at radius 1 is 0.788 bits per heavy atom. The highest BCUT2D eigenvalue weighted by atomic mass is 19.2. The lowest BCUT2D eigenvalue weighted by Crippen LogP contribution is -2.15. The van der Waals surface area contributed by atoms with E-state index in [4.69, 9.17) is 9.84 Å². The molecule has 1 unspecified atom stereocenters. The molecule has 0 aliphatic heterocycles. The molecular weight excluding hydrogens is 443 g/mol. The zero-order valence-electron chi connectivity index (χ0n) is 17.2. The smallest absolute Gasteiger partial charge is 0.204 e. The topological polar surface area (TPSA) is 49.7 Å². The van der Waals surface area contributed by atoms with Gasteiger partial charge in [-0.2, -0.15) is 13.2 Å². The van der Waals surface area contributed by atoms with Crippen molar-refractivity contribution in [3.63, 3.8) is 0 Å². The molecule has 4 rings (SSSR count). The molecule has 3 nitrogen and oxygen atoms in total. The Morgan fingerprint density at radius 3 is 2.12 bits per heavy atom. The third-order valence-electron chi connectivity index (χ3n) is 5.71. The lowest BCUT2D eigenvalue weighted by Gasteiger charge is -2.23. The van der Waals surface area contributed by atoms with Gasteiger partial charge < -0.3 is 14.9 Å². The summed E-state index contributed by atoms with van der Waals surface area (Å²) in [5, 5.41) is 18.4. The molecule has 0 spiro atoms. The van der Waals surface area contributed by atoms with Crippen LogP contribution in [0.15, 0.2) is 48.5 Å². The Balaban J connectivity index is 1.44. The van der Waals surface area contributed by atoms with E-state index in [-0.39, 0.29) is 29.4 Å². The van der Waals surface area contributed by atoms with Gasteiger partial charge in [0.25, 0.3) is 0 Å². The molecule has 3 aromatic rings. The van der Waals surface area contributed by atoms with Crippen LogP contribution in [0.2, 0.25) is 0 Å². The van der Waals surface area contributed by atoms with Gasteiger partial charge in [-0.1, -0.05) is 18.2 Å². The molecule has 1 aliphatic rings. The van der Waals surface area contributed by atoms with Crippen molar-refractivity contribution in [2.75, 3.05) is 6.61 Å². The van der Waals surface area contributed by atoms with Gasteiger partial charge in [-0.3, -0.25) is 0 Å². The van der Waals surface area contributed by atoms with Gasteiger partial charge in [0, 0.05) is 11.1 Å². The second-order valence-electron chi connectivity index (χ2n) is 7.85. The van der Waals surface area contributed by atoms with Crippen molar-refractivity contribution in [2.24, 2.45) is 5.92 Å². The van der Waals surface area contributed by atoms with Gasteiger partial charge in [0.1, 0.15) is 5.82 Å². The van der Waals surface area contributed by atoms with E-state index < -0.39 is 40.6 Å². The Kier molecular flexibility index (Phi) is 6.26. The molecule has 0 aromatic heterocycles. The van der Waals surface area contributed by atoms with Crippen LogP contribution in [0.1, 0.15) is 24.8 Å². The standard InChI is InChI=1S/C25H19F5O3/c26-18-11-15(5-6-16(18)17-7-8-19(31)23(28)22(17)27)14-3-1-13(2-4-14)12-33-21-10-9-20(32)24(29)25(21)30/h3,5-11,13,31-32H,1-2,4,12H2. The van der Waals surface area contributed by atoms with Gasteiger partial charge in [-0.25, -0.2) is 8.78 Å². The summed E-state index contributed by atoms with van der Waals surface area (Å²) in [6, 6.07) is 8.47. The number of phenolic OH excluding ortho intramolecular Hbond substituents is 2. The number of halogens is 5. The molecule has 0 saturated carbocycles. The lowest BCUT2D eigenvalue weighted by atomic mass is 9.86. The summed E-state index contributed by atoms with van der Waals surface area (Å²) in [5.41, 5.74) is 1.06. The number of rotatable bonds is 5. The molecule has 0 amide bonds. The average molecular weight is 462 g/mol. The maximum Gasteiger partial charge on any atom is 0.204 e. The number of phenols is 2. The molecule has 0 saturated heterocycles. The van der Waals surface area contributed by atoms with Crippen LogP contribution in [0, 0.1) is 35.0 Å². The van der Waals surface area contributed by atoms with Gasteiger partial charge >= 0.3 is 0 Å². The van der Waals surface area contributed by atoms with Crippen LogP contribution in [-0.4, -0.2) is 16.8 Å². The third-order valence-corrected chi connectivity index (χ3v) is 5.71.